The van der Waals surface area contributed by atoms with Crippen molar-refractivity contribution in [3.63, 3.8) is 0 Å². The molecule has 2 saturated heterocycles. The zero-order chi connectivity index (χ0) is 26.2. The Labute approximate surface area is 237 Å². The third-order valence-corrected chi connectivity index (χ3v) is 8.89. The number of hydrogen-bond acceptors (Lipinski definition) is 5. The van der Waals surface area contributed by atoms with Crippen LogP contribution in [0.5, 0.6) is 0 Å². The van der Waals surface area contributed by atoms with Crippen molar-refractivity contribution in [3.8, 4) is 0 Å². The summed E-state index contributed by atoms with van der Waals surface area (Å²) >= 11 is 10.0. The molecule has 0 bridgehead atoms. The molecule has 0 radical (unpaired) electrons. The van der Waals surface area contributed by atoms with E-state index in [1.54, 1.807) is 0 Å². The number of imidazole rings is 1. The van der Waals surface area contributed by atoms with E-state index in [0.717, 1.165) is 79.3 Å². The summed E-state index contributed by atoms with van der Waals surface area (Å²) in [6, 6.07) is 8.22. The van der Waals surface area contributed by atoms with Gasteiger partial charge >= 0.3 is 0 Å². The number of likely N-dealkylation sites (tertiary alicyclic amines) is 1. The van der Waals surface area contributed by atoms with Crippen molar-refractivity contribution in [3.05, 3.63) is 80.6 Å². The van der Waals surface area contributed by atoms with Gasteiger partial charge in [-0.25, -0.2) is 4.98 Å². The number of rotatable bonds is 4. The van der Waals surface area contributed by atoms with Crippen LogP contribution in [0.2, 0.25) is 5.02 Å². The second kappa shape index (κ2) is 11.1. The van der Waals surface area contributed by atoms with Crippen LogP contribution in [-0.4, -0.2) is 69.0 Å². The van der Waals surface area contributed by atoms with Gasteiger partial charge in [-0.1, -0.05) is 17.7 Å². The van der Waals surface area contributed by atoms with Crippen molar-refractivity contribution in [1.29, 1.82) is 0 Å². The van der Waals surface area contributed by atoms with Gasteiger partial charge in [0.15, 0.2) is 0 Å². The summed E-state index contributed by atoms with van der Waals surface area (Å²) in [5, 5.41) is 4.30. The van der Waals surface area contributed by atoms with E-state index in [0.29, 0.717) is 12.5 Å². The van der Waals surface area contributed by atoms with Gasteiger partial charge in [-0.15, -0.1) is 0 Å². The first-order chi connectivity index (χ1) is 18.4. The average molecular weight is 598 g/mol. The Morgan fingerprint density at radius 3 is 2.87 bits per heavy atom. The summed E-state index contributed by atoms with van der Waals surface area (Å²) < 4.78 is 3.16. The Balaban J connectivity index is 1.22. The van der Waals surface area contributed by atoms with Gasteiger partial charge in [-0.3, -0.25) is 14.7 Å². The van der Waals surface area contributed by atoms with Crippen molar-refractivity contribution in [2.24, 2.45) is 5.92 Å². The van der Waals surface area contributed by atoms with Crippen LogP contribution in [0.4, 0.5) is 0 Å². The Morgan fingerprint density at radius 2 is 2.03 bits per heavy atom. The van der Waals surface area contributed by atoms with Crippen molar-refractivity contribution < 1.29 is 4.79 Å². The van der Waals surface area contributed by atoms with Crippen molar-refractivity contribution in [2.75, 3.05) is 32.7 Å². The second-order valence-corrected chi connectivity index (χ2v) is 12.3. The summed E-state index contributed by atoms with van der Waals surface area (Å²) in [7, 11) is 0. The number of hydrogen-bond donors (Lipinski definition) is 1. The lowest BCUT2D eigenvalue weighted by Gasteiger charge is -2.41. The van der Waals surface area contributed by atoms with Crippen LogP contribution < -0.4 is 5.32 Å². The summed E-state index contributed by atoms with van der Waals surface area (Å²) in [5.74, 6) is 0.671. The smallest absolute Gasteiger partial charge is 0.241 e. The average Bonchev–Trinajstić information content (AvgIpc) is 3.26. The van der Waals surface area contributed by atoms with Gasteiger partial charge in [0.25, 0.3) is 0 Å². The summed E-state index contributed by atoms with van der Waals surface area (Å²) in [6.45, 7) is 6.85. The number of aryl methyl sites for hydroxylation is 3. The number of nitrogens with zero attached hydrogens (tertiary/aromatic N) is 5. The molecule has 38 heavy (non-hydrogen) atoms. The molecule has 3 atom stereocenters. The molecule has 3 aromatic rings. The first-order valence-corrected chi connectivity index (χ1v) is 14.8. The Kier molecular flexibility index (Phi) is 7.58. The van der Waals surface area contributed by atoms with Gasteiger partial charge in [0, 0.05) is 61.2 Å². The van der Waals surface area contributed by atoms with Crippen LogP contribution in [-0.2, 0) is 24.2 Å². The number of benzene rings is 1. The SMILES string of the molecule is Cc1cn(C[C@@H]2CCCN(C(=O)[C@H]3CN([C@H]4c5ccc(Cl)cc5CCc5cc(Br)cnc54)CCN3)C2)cn1. The molecule has 0 spiro atoms. The van der Waals surface area contributed by atoms with Crippen LogP contribution in [0.3, 0.4) is 0 Å². The topological polar surface area (TPSA) is 66.3 Å². The van der Waals surface area contributed by atoms with E-state index in [4.69, 9.17) is 16.6 Å². The molecule has 3 aliphatic rings. The van der Waals surface area contributed by atoms with Gasteiger partial charge in [0.05, 0.1) is 29.8 Å². The molecule has 2 fully saturated rings. The molecule has 2 aliphatic heterocycles. The highest BCUT2D eigenvalue weighted by molar-refractivity contribution is 9.10. The first-order valence-electron chi connectivity index (χ1n) is 13.6. The van der Waals surface area contributed by atoms with E-state index < -0.39 is 0 Å². The van der Waals surface area contributed by atoms with Crippen LogP contribution >= 0.6 is 27.5 Å². The predicted octanol–water partition coefficient (Wildman–Crippen LogP) is 4.40. The monoisotopic (exact) mass is 596 g/mol. The van der Waals surface area contributed by atoms with Gasteiger partial charge in [-0.2, -0.15) is 0 Å². The molecule has 1 N–H and O–H groups in total. The number of fused-ring (bicyclic) bond motifs is 2. The van der Waals surface area contributed by atoms with Crippen LogP contribution in [0.15, 0.2) is 47.5 Å². The third-order valence-electron chi connectivity index (χ3n) is 8.22. The number of aromatic nitrogens is 3. The summed E-state index contributed by atoms with van der Waals surface area (Å²) in [6.07, 6.45) is 9.92. The molecule has 9 heteroatoms. The highest BCUT2D eigenvalue weighted by Gasteiger charge is 2.37. The Bertz CT molecular complexity index is 1270. The Morgan fingerprint density at radius 1 is 1.16 bits per heavy atom. The maximum atomic E-state index is 13.8. The number of carbonyl (C=O) groups is 1. The first kappa shape index (κ1) is 26.0. The zero-order valence-electron chi connectivity index (χ0n) is 21.7. The number of amides is 1. The predicted molar refractivity (Wildman–Crippen MR) is 152 cm³/mol. The molecule has 200 valence electrons. The highest BCUT2D eigenvalue weighted by atomic mass is 79.9. The van der Waals surface area contributed by atoms with Crippen LogP contribution in [0, 0.1) is 12.8 Å². The molecule has 1 aromatic carbocycles. The minimum Gasteiger partial charge on any atom is -0.341 e. The lowest BCUT2D eigenvalue weighted by molar-refractivity contribution is -0.136. The molecule has 0 saturated carbocycles. The lowest BCUT2D eigenvalue weighted by atomic mass is 9.94. The second-order valence-electron chi connectivity index (χ2n) is 10.9. The van der Waals surface area contributed by atoms with E-state index in [1.165, 1.54) is 16.7 Å². The molecule has 1 aliphatic carbocycles. The molecule has 2 aromatic heterocycles. The third kappa shape index (κ3) is 5.41. The van der Waals surface area contributed by atoms with Crippen LogP contribution in [0.1, 0.15) is 47.0 Å². The molecular formula is C29H34BrClN6O. The molecular weight excluding hydrogens is 564 g/mol. The normalized spacial score (nSPS) is 24.0. The number of nitrogens with one attached hydrogen (secondary N) is 1. The molecule has 4 heterocycles. The molecule has 0 unspecified atom stereocenters. The van der Waals surface area contributed by atoms with E-state index in [9.17, 15) is 4.79 Å². The maximum absolute atomic E-state index is 13.8. The fraction of sp³-hybridized carbons (Fsp3) is 0.483. The maximum Gasteiger partial charge on any atom is 0.241 e. The van der Waals surface area contributed by atoms with Gasteiger partial charge < -0.3 is 14.8 Å². The van der Waals surface area contributed by atoms with Gasteiger partial charge in [0.1, 0.15) is 0 Å². The van der Waals surface area contributed by atoms with E-state index in [2.05, 4.69) is 65.0 Å². The molecule has 1 amide bonds. The highest BCUT2D eigenvalue weighted by Crippen LogP contribution is 2.38. The minimum absolute atomic E-state index is 0.00357. The molecule has 6 rings (SSSR count). The van der Waals surface area contributed by atoms with E-state index >= 15 is 0 Å². The zero-order valence-corrected chi connectivity index (χ0v) is 24.1. The van der Waals surface area contributed by atoms with Crippen molar-refractivity contribution in [1.82, 2.24) is 29.7 Å². The minimum atomic E-state index is -0.226. The van der Waals surface area contributed by atoms with Gasteiger partial charge in [0.2, 0.25) is 5.91 Å². The Hall–Kier alpha value is -2.26. The van der Waals surface area contributed by atoms with E-state index in [-0.39, 0.29) is 18.0 Å². The number of halogens is 2. The van der Waals surface area contributed by atoms with Gasteiger partial charge in [-0.05, 0) is 89.3 Å². The standard InChI is InChI=1S/C29H34BrClN6O/c1-19-14-35(18-34-19)15-20-3-2-9-37(16-20)29(38)26-17-36(10-8-32-26)28-25-7-6-24(31)12-21(25)4-5-22-11-23(30)13-33-27(22)28/h6-7,11-14,18,20,26,28,32H,2-5,8-10,15-17H2,1H3/t20-,26+,28-/m0/s1. The fourth-order valence-electron chi connectivity index (χ4n) is 6.46. The van der Waals surface area contributed by atoms with Crippen molar-refractivity contribution in [2.45, 2.75) is 51.2 Å². The van der Waals surface area contributed by atoms with Crippen LogP contribution in [0.25, 0.3) is 0 Å². The fourth-order valence-corrected chi connectivity index (χ4v) is 7.03. The summed E-state index contributed by atoms with van der Waals surface area (Å²) in [5.41, 5.74) is 5.91. The largest absolute Gasteiger partial charge is 0.341 e. The molecule has 7 nitrogen and oxygen atoms in total. The number of carbonyl (C=O) groups excluding carboxylic acids is 1. The van der Waals surface area contributed by atoms with E-state index in [1.807, 2.05) is 25.5 Å². The summed E-state index contributed by atoms with van der Waals surface area (Å²) in [4.78, 5) is 27.6. The number of piperidine rings is 1. The number of pyridine rings is 1. The quantitative estimate of drug-likeness (QED) is 0.483. The lowest BCUT2D eigenvalue weighted by Crippen LogP contribution is -2.59. The number of piperazine rings is 1. The van der Waals surface area contributed by atoms with Crippen molar-refractivity contribution >= 4 is 33.4 Å².